The Labute approximate surface area is 53.3 Å². The number of sulfone groups is 1. The number of amides is 1. The van der Waals surface area contributed by atoms with E-state index >= 15 is 0 Å². The molecule has 0 aliphatic rings. The Morgan fingerprint density at radius 2 is 2.11 bits per heavy atom. The zero-order valence-corrected chi connectivity index (χ0v) is 5.52. The summed E-state index contributed by atoms with van der Waals surface area (Å²) in [6.45, 7) is 2.99. The number of nitrogens with two attached hydrogens (primary N) is 1. The molecule has 9 heavy (non-hydrogen) atoms. The maximum absolute atomic E-state index is 10.4. The molecule has 0 aliphatic carbocycles. The average Bonchev–Trinajstić information content (AvgIpc) is 1.63. The largest absolute Gasteiger partial charge is 0.369 e. The second kappa shape index (κ2) is 2.63. The van der Waals surface area contributed by atoms with Crippen molar-refractivity contribution in [1.82, 2.24) is 0 Å². The van der Waals surface area contributed by atoms with Gasteiger partial charge in [0.25, 0.3) is 0 Å². The SMILES string of the molecule is C=CS(=O)(=O)CC(N)=O. The molecule has 52 valence electrons. The van der Waals surface area contributed by atoms with Crippen molar-refractivity contribution in [2.45, 2.75) is 0 Å². The quantitative estimate of drug-likeness (QED) is 0.560. The molecule has 0 aliphatic heterocycles. The van der Waals surface area contributed by atoms with Gasteiger partial charge in [0, 0.05) is 5.41 Å². The van der Waals surface area contributed by atoms with E-state index in [-0.39, 0.29) is 0 Å². The lowest BCUT2D eigenvalue weighted by atomic mass is 10.8. The zero-order chi connectivity index (χ0) is 7.49. The third kappa shape index (κ3) is 3.72. The third-order valence-corrected chi connectivity index (χ3v) is 1.79. The van der Waals surface area contributed by atoms with Crippen molar-refractivity contribution in [3.05, 3.63) is 12.0 Å². The van der Waals surface area contributed by atoms with E-state index in [1.165, 1.54) is 0 Å². The lowest BCUT2D eigenvalue weighted by Crippen LogP contribution is -2.21. The molecule has 0 aromatic carbocycles. The average molecular weight is 149 g/mol. The summed E-state index contributed by atoms with van der Waals surface area (Å²) in [5.41, 5.74) is 4.59. The van der Waals surface area contributed by atoms with E-state index in [4.69, 9.17) is 0 Å². The molecule has 0 rings (SSSR count). The molecule has 0 radical (unpaired) electrons. The monoisotopic (exact) mass is 149 g/mol. The molecule has 0 atom stereocenters. The first-order valence-corrected chi connectivity index (χ1v) is 3.83. The van der Waals surface area contributed by atoms with Crippen LogP contribution in [-0.2, 0) is 14.6 Å². The van der Waals surface area contributed by atoms with Gasteiger partial charge in [0.2, 0.25) is 5.91 Å². The summed E-state index contributed by atoms with van der Waals surface area (Å²) in [5, 5.41) is 0.706. The van der Waals surface area contributed by atoms with Crippen LogP contribution in [0.1, 0.15) is 0 Å². The predicted molar refractivity (Wildman–Crippen MR) is 33.2 cm³/mol. The molecule has 0 aromatic rings. The van der Waals surface area contributed by atoms with Crippen LogP contribution >= 0.6 is 0 Å². The normalized spacial score (nSPS) is 10.7. The maximum atomic E-state index is 10.4. The summed E-state index contributed by atoms with van der Waals surface area (Å²) in [6, 6.07) is 0. The summed E-state index contributed by atoms with van der Waals surface area (Å²) in [7, 11) is -3.43. The fourth-order valence-electron chi connectivity index (χ4n) is 0.257. The van der Waals surface area contributed by atoms with E-state index in [0.29, 0.717) is 5.41 Å². The molecule has 0 spiro atoms. The molecule has 5 heteroatoms. The van der Waals surface area contributed by atoms with Crippen molar-refractivity contribution in [3.63, 3.8) is 0 Å². The number of primary amides is 1. The first-order chi connectivity index (χ1) is 3.98. The van der Waals surface area contributed by atoms with Crippen LogP contribution < -0.4 is 5.73 Å². The highest BCUT2D eigenvalue weighted by Crippen LogP contribution is 1.87. The second-order valence-corrected chi connectivity index (χ2v) is 3.39. The molecular formula is C4H7NO3S. The van der Waals surface area contributed by atoms with Crippen LogP contribution in [-0.4, -0.2) is 20.1 Å². The van der Waals surface area contributed by atoms with Gasteiger partial charge in [-0.25, -0.2) is 8.42 Å². The Balaban J connectivity index is 4.23. The standard InChI is InChI=1S/C4H7NO3S/c1-2-9(7,8)3-4(5)6/h2H,1,3H2,(H2,5,6). The highest BCUT2D eigenvalue weighted by atomic mass is 32.2. The summed E-state index contributed by atoms with van der Waals surface area (Å²) < 4.78 is 20.8. The highest BCUT2D eigenvalue weighted by Gasteiger charge is 2.07. The first kappa shape index (κ1) is 8.16. The van der Waals surface area contributed by atoms with Gasteiger partial charge >= 0.3 is 0 Å². The molecular weight excluding hydrogens is 142 g/mol. The van der Waals surface area contributed by atoms with E-state index in [9.17, 15) is 13.2 Å². The second-order valence-electron chi connectivity index (χ2n) is 1.44. The van der Waals surface area contributed by atoms with Gasteiger partial charge in [-0.2, -0.15) is 0 Å². The van der Waals surface area contributed by atoms with Crippen molar-refractivity contribution < 1.29 is 13.2 Å². The molecule has 0 fully saturated rings. The molecule has 0 saturated carbocycles. The number of carbonyl (C=O) groups excluding carboxylic acids is 1. The van der Waals surface area contributed by atoms with E-state index in [2.05, 4.69) is 12.3 Å². The Hall–Kier alpha value is -0.840. The molecule has 1 amide bonds. The maximum Gasteiger partial charge on any atom is 0.232 e. The van der Waals surface area contributed by atoms with Crippen LogP contribution in [0.25, 0.3) is 0 Å². The van der Waals surface area contributed by atoms with Crippen LogP contribution in [0.3, 0.4) is 0 Å². The number of carbonyl (C=O) groups is 1. The van der Waals surface area contributed by atoms with Crippen molar-refractivity contribution in [2.75, 3.05) is 5.75 Å². The van der Waals surface area contributed by atoms with Gasteiger partial charge in [0.1, 0.15) is 5.75 Å². The molecule has 0 heterocycles. The first-order valence-electron chi connectivity index (χ1n) is 2.11. The smallest absolute Gasteiger partial charge is 0.232 e. The molecule has 0 saturated heterocycles. The van der Waals surface area contributed by atoms with Gasteiger partial charge in [-0.1, -0.05) is 6.58 Å². The molecule has 2 N–H and O–H groups in total. The lowest BCUT2D eigenvalue weighted by molar-refractivity contribution is -0.115. The molecule has 0 bridgehead atoms. The Morgan fingerprint density at radius 3 is 2.22 bits per heavy atom. The number of hydrogen-bond donors (Lipinski definition) is 1. The van der Waals surface area contributed by atoms with Gasteiger partial charge in [0.05, 0.1) is 0 Å². The predicted octanol–water partition coefficient (Wildman–Crippen LogP) is -0.970. The van der Waals surface area contributed by atoms with Gasteiger partial charge in [-0.3, -0.25) is 4.79 Å². The summed E-state index contributed by atoms with van der Waals surface area (Å²) >= 11 is 0. The van der Waals surface area contributed by atoms with Crippen LogP contribution in [0, 0.1) is 0 Å². The van der Waals surface area contributed by atoms with Gasteiger partial charge in [-0.05, 0) is 0 Å². The Bertz CT molecular complexity index is 216. The van der Waals surface area contributed by atoms with E-state index in [1.807, 2.05) is 0 Å². The summed E-state index contributed by atoms with van der Waals surface area (Å²) in [6.07, 6.45) is 0. The van der Waals surface area contributed by atoms with Crippen molar-refractivity contribution in [2.24, 2.45) is 5.73 Å². The number of rotatable bonds is 3. The van der Waals surface area contributed by atoms with Crippen molar-refractivity contribution in [1.29, 1.82) is 0 Å². The van der Waals surface area contributed by atoms with Crippen LogP contribution in [0.5, 0.6) is 0 Å². The molecule has 0 unspecified atom stereocenters. The van der Waals surface area contributed by atoms with Crippen LogP contribution in [0.4, 0.5) is 0 Å². The molecule has 4 nitrogen and oxygen atoms in total. The zero-order valence-electron chi connectivity index (χ0n) is 4.70. The topological polar surface area (TPSA) is 77.2 Å². The minimum absolute atomic E-state index is 0.656. The van der Waals surface area contributed by atoms with Crippen molar-refractivity contribution >= 4 is 15.7 Å². The van der Waals surface area contributed by atoms with E-state index in [1.54, 1.807) is 0 Å². The lowest BCUT2D eigenvalue weighted by Gasteiger charge is -1.89. The minimum Gasteiger partial charge on any atom is -0.369 e. The van der Waals surface area contributed by atoms with Gasteiger partial charge in [0.15, 0.2) is 9.84 Å². The minimum atomic E-state index is -3.43. The van der Waals surface area contributed by atoms with Crippen molar-refractivity contribution in [3.8, 4) is 0 Å². The summed E-state index contributed by atoms with van der Waals surface area (Å²) in [5.74, 6) is -1.52. The van der Waals surface area contributed by atoms with E-state index in [0.717, 1.165) is 0 Å². The number of hydrogen-bond acceptors (Lipinski definition) is 3. The highest BCUT2D eigenvalue weighted by molar-refractivity contribution is 7.94. The van der Waals surface area contributed by atoms with Crippen LogP contribution in [0.15, 0.2) is 12.0 Å². The Kier molecular flexibility index (Phi) is 2.39. The summed E-state index contributed by atoms with van der Waals surface area (Å²) in [4.78, 5) is 9.97. The Morgan fingerprint density at radius 1 is 1.67 bits per heavy atom. The third-order valence-electron chi connectivity index (χ3n) is 0.597. The van der Waals surface area contributed by atoms with E-state index < -0.39 is 21.5 Å². The fourth-order valence-corrected chi connectivity index (χ4v) is 0.772. The van der Waals surface area contributed by atoms with Gasteiger partial charge < -0.3 is 5.73 Å². The van der Waals surface area contributed by atoms with Gasteiger partial charge in [-0.15, -0.1) is 0 Å². The van der Waals surface area contributed by atoms with Crippen LogP contribution in [0.2, 0.25) is 0 Å². The molecule has 0 aromatic heterocycles. The fraction of sp³-hybridized carbons (Fsp3) is 0.250.